The van der Waals surface area contributed by atoms with Gasteiger partial charge in [0.2, 0.25) is 0 Å². The van der Waals surface area contributed by atoms with E-state index in [2.05, 4.69) is 29.4 Å². The summed E-state index contributed by atoms with van der Waals surface area (Å²) in [5.41, 5.74) is 0.560. The van der Waals surface area contributed by atoms with E-state index in [-0.39, 0.29) is 23.6 Å². The van der Waals surface area contributed by atoms with Crippen molar-refractivity contribution in [2.75, 3.05) is 38.7 Å². The van der Waals surface area contributed by atoms with E-state index in [9.17, 15) is 14.9 Å². The summed E-state index contributed by atoms with van der Waals surface area (Å²) in [6, 6.07) is 4.79. The molecule has 10 heteroatoms. The van der Waals surface area contributed by atoms with Crippen molar-refractivity contribution in [2.45, 2.75) is 38.6 Å². The predicted octanol–water partition coefficient (Wildman–Crippen LogP) is 2.85. The highest BCUT2D eigenvalue weighted by molar-refractivity contribution is 5.95. The van der Waals surface area contributed by atoms with E-state index >= 15 is 0 Å². The number of aromatic nitrogens is 3. The molecule has 0 saturated carbocycles. The molecule has 1 aliphatic rings. The molecule has 0 radical (unpaired) electrons. The van der Waals surface area contributed by atoms with Crippen LogP contribution in [0.25, 0.3) is 0 Å². The summed E-state index contributed by atoms with van der Waals surface area (Å²) in [6.45, 7) is 6.14. The van der Waals surface area contributed by atoms with Crippen LogP contribution in [-0.2, 0) is 4.74 Å². The van der Waals surface area contributed by atoms with E-state index in [0.29, 0.717) is 37.5 Å². The van der Waals surface area contributed by atoms with Gasteiger partial charge in [0.15, 0.2) is 0 Å². The highest BCUT2D eigenvalue weighted by Crippen LogP contribution is 2.30. The minimum atomic E-state index is -0.476. The number of anilines is 1. The Hall–Kier alpha value is -3.01. The summed E-state index contributed by atoms with van der Waals surface area (Å²) in [4.78, 5) is 25.9. The number of rotatable bonds is 8. The lowest BCUT2D eigenvalue weighted by Crippen LogP contribution is -2.39. The molecule has 1 aromatic heterocycles. The van der Waals surface area contributed by atoms with Gasteiger partial charge in [-0.3, -0.25) is 14.9 Å². The zero-order valence-corrected chi connectivity index (χ0v) is 17.6. The van der Waals surface area contributed by atoms with Crippen LogP contribution in [-0.4, -0.2) is 63.8 Å². The Morgan fingerprint density at radius 3 is 2.93 bits per heavy atom. The highest BCUT2D eigenvalue weighted by Gasteiger charge is 2.30. The Balaban J connectivity index is 1.77. The lowest BCUT2D eigenvalue weighted by Gasteiger charge is -2.32. The number of nitrogens with one attached hydrogen (secondary N) is 1. The fraction of sp³-hybridized carbons (Fsp3) is 0.550. The SMILES string of the molecule is COCCNc1ccc(C(=O)N2CCCC(c3nncn3C(C)C)C2)cc1[N+](=O)[O-]. The van der Waals surface area contributed by atoms with E-state index in [1.165, 1.54) is 6.07 Å². The number of nitro benzene ring substituents is 1. The van der Waals surface area contributed by atoms with E-state index < -0.39 is 4.92 Å². The van der Waals surface area contributed by atoms with Gasteiger partial charge in [-0.1, -0.05) is 0 Å². The molecule has 2 heterocycles. The van der Waals surface area contributed by atoms with Crippen LogP contribution in [0, 0.1) is 10.1 Å². The molecule has 1 N–H and O–H groups in total. The molecule has 162 valence electrons. The van der Waals surface area contributed by atoms with E-state index in [0.717, 1.165) is 18.7 Å². The van der Waals surface area contributed by atoms with Crippen LogP contribution in [0.15, 0.2) is 24.5 Å². The third-order valence-electron chi connectivity index (χ3n) is 5.29. The number of hydrogen-bond acceptors (Lipinski definition) is 7. The Labute approximate surface area is 175 Å². The topological polar surface area (TPSA) is 115 Å². The lowest BCUT2D eigenvalue weighted by molar-refractivity contribution is -0.384. The number of hydrogen-bond donors (Lipinski definition) is 1. The van der Waals surface area contributed by atoms with Crippen LogP contribution in [0.3, 0.4) is 0 Å². The van der Waals surface area contributed by atoms with E-state index in [4.69, 9.17) is 4.74 Å². The molecule has 1 unspecified atom stereocenters. The standard InChI is InChI=1S/C20H28N6O4/c1-14(2)25-13-22-23-19(25)16-5-4-9-24(12-16)20(27)15-6-7-17(21-8-10-30-3)18(11-15)26(28)29/h6-7,11,13-14,16,21H,4-5,8-10,12H2,1-3H3. The molecular weight excluding hydrogens is 388 g/mol. The normalized spacial score (nSPS) is 16.7. The summed E-state index contributed by atoms with van der Waals surface area (Å²) in [5.74, 6) is 0.769. The smallest absolute Gasteiger partial charge is 0.293 e. The van der Waals surface area contributed by atoms with Crippen LogP contribution in [0.5, 0.6) is 0 Å². The molecule has 1 atom stereocenters. The average Bonchev–Trinajstić information content (AvgIpc) is 3.24. The van der Waals surface area contributed by atoms with Gasteiger partial charge in [0.25, 0.3) is 11.6 Å². The molecule has 0 aliphatic carbocycles. The van der Waals surface area contributed by atoms with Gasteiger partial charge in [0.05, 0.1) is 11.5 Å². The second-order valence-electron chi connectivity index (χ2n) is 7.69. The number of likely N-dealkylation sites (tertiary alicyclic amines) is 1. The van der Waals surface area contributed by atoms with Crippen molar-refractivity contribution in [2.24, 2.45) is 0 Å². The molecule has 2 aromatic rings. The maximum atomic E-state index is 13.1. The van der Waals surface area contributed by atoms with Crippen LogP contribution >= 0.6 is 0 Å². The van der Waals surface area contributed by atoms with Crippen LogP contribution < -0.4 is 5.32 Å². The maximum absolute atomic E-state index is 13.1. The van der Waals surface area contributed by atoms with Gasteiger partial charge >= 0.3 is 0 Å². The van der Waals surface area contributed by atoms with E-state index in [1.807, 2.05) is 4.57 Å². The number of ether oxygens (including phenoxy) is 1. The molecule has 30 heavy (non-hydrogen) atoms. The van der Waals surface area contributed by atoms with Crippen LogP contribution in [0.4, 0.5) is 11.4 Å². The minimum absolute atomic E-state index is 0.0950. The summed E-state index contributed by atoms with van der Waals surface area (Å²) in [7, 11) is 1.56. The number of piperidine rings is 1. The monoisotopic (exact) mass is 416 g/mol. The van der Waals surface area contributed by atoms with Crippen LogP contribution in [0.2, 0.25) is 0 Å². The molecule has 1 saturated heterocycles. The van der Waals surface area contributed by atoms with Gasteiger partial charge in [0.1, 0.15) is 17.8 Å². The number of benzene rings is 1. The fourth-order valence-corrected chi connectivity index (χ4v) is 3.75. The first-order chi connectivity index (χ1) is 14.4. The third kappa shape index (κ3) is 4.76. The number of carbonyl (C=O) groups is 1. The number of methoxy groups -OCH3 is 1. The van der Waals surface area contributed by atoms with Gasteiger partial charge in [-0.05, 0) is 38.8 Å². The summed E-state index contributed by atoms with van der Waals surface area (Å²) < 4.78 is 7.00. The molecule has 3 rings (SSSR count). The number of amides is 1. The summed E-state index contributed by atoms with van der Waals surface area (Å²) >= 11 is 0. The Bertz CT molecular complexity index is 897. The molecular formula is C20H28N6O4. The van der Waals surface area contributed by atoms with Crippen molar-refractivity contribution in [1.29, 1.82) is 0 Å². The minimum Gasteiger partial charge on any atom is -0.383 e. The molecule has 1 aromatic carbocycles. The number of nitro groups is 1. The first-order valence-corrected chi connectivity index (χ1v) is 10.1. The Kier molecular flexibility index (Phi) is 6.99. The Morgan fingerprint density at radius 2 is 2.23 bits per heavy atom. The zero-order valence-electron chi connectivity index (χ0n) is 17.6. The maximum Gasteiger partial charge on any atom is 0.293 e. The molecule has 1 amide bonds. The summed E-state index contributed by atoms with van der Waals surface area (Å²) in [6.07, 6.45) is 3.50. The van der Waals surface area contributed by atoms with Crippen molar-refractivity contribution >= 4 is 17.3 Å². The molecule has 10 nitrogen and oxygen atoms in total. The van der Waals surface area contributed by atoms with Gasteiger partial charge in [-0.25, -0.2) is 0 Å². The van der Waals surface area contributed by atoms with Gasteiger partial charge in [-0.2, -0.15) is 0 Å². The summed E-state index contributed by atoms with van der Waals surface area (Å²) in [5, 5.41) is 22.8. The predicted molar refractivity (Wildman–Crippen MR) is 112 cm³/mol. The van der Waals surface area contributed by atoms with E-state index in [1.54, 1.807) is 30.5 Å². The van der Waals surface area contributed by atoms with Crippen molar-refractivity contribution < 1.29 is 14.5 Å². The van der Waals surface area contributed by atoms with Gasteiger partial charge < -0.3 is 19.5 Å². The first-order valence-electron chi connectivity index (χ1n) is 10.1. The van der Waals surface area contributed by atoms with Gasteiger partial charge in [-0.15, -0.1) is 10.2 Å². The molecule has 1 fully saturated rings. The highest BCUT2D eigenvalue weighted by atomic mass is 16.6. The number of carbonyl (C=O) groups excluding carboxylic acids is 1. The van der Waals surface area contributed by atoms with Crippen molar-refractivity contribution in [1.82, 2.24) is 19.7 Å². The molecule has 0 bridgehead atoms. The molecule has 0 spiro atoms. The molecule has 1 aliphatic heterocycles. The van der Waals surface area contributed by atoms with Gasteiger partial charge in [0, 0.05) is 50.3 Å². The number of nitrogens with zero attached hydrogens (tertiary/aromatic N) is 5. The van der Waals surface area contributed by atoms with Crippen molar-refractivity contribution in [3.8, 4) is 0 Å². The largest absolute Gasteiger partial charge is 0.383 e. The first kappa shape index (κ1) is 21.7. The second-order valence-corrected chi connectivity index (χ2v) is 7.69. The zero-order chi connectivity index (χ0) is 21.7. The quantitative estimate of drug-likeness (QED) is 0.400. The second kappa shape index (κ2) is 9.66. The Morgan fingerprint density at radius 1 is 1.43 bits per heavy atom. The van der Waals surface area contributed by atoms with Crippen molar-refractivity contribution in [3.63, 3.8) is 0 Å². The fourth-order valence-electron chi connectivity index (χ4n) is 3.75. The van der Waals surface area contributed by atoms with Crippen molar-refractivity contribution in [3.05, 3.63) is 46.0 Å². The lowest BCUT2D eigenvalue weighted by atomic mass is 9.96. The average molecular weight is 416 g/mol. The van der Waals surface area contributed by atoms with Crippen LogP contribution in [0.1, 0.15) is 54.8 Å². The third-order valence-corrected chi connectivity index (χ3v) is 5.29.